The smallest absolute Gasteiger partial charge is 0.288 e. The molecule has 8 nitrogen and oxygen atoms in total. The monoisotopic (exact) mass is 280 g/mol. The van der Waals surface area contributed by atoms with E-state index in [0.717, 1.165) is 31.5 Å². The number of nitro groups is 1. The minimum absolute atomic E-state index is 0.00442. The Morgan fingerprint density at radius 2 is 2.35 bits per heavy atom. The molecule has 0 radical (unpaired) electrons. The summed E-state index contributed by atoms with van der Waals surface area (Å²) in [7, 11) is 1.64. The quantitative estimate of drug-likeness (QED) is 0.594. The number of hydrogen-bond acceptors (Lipinski definition) is 6. The molecule has 108 valence electrons. The van der Waals surface area contributed by atoms with Crippen molar-refractivity contribution in [1.82, 2.24) is 4.98 Å². The Kier molecular flexibility index (Phi) is 3.84. The first-order valence-electron chi connectivity index (χ1n) is 6.21. The standard InChI is InChI=1S/C12H16N4O4/c1-20-12(3-2-4-12)7-15-11-9(10(13)17)5-8(6-14-11)16(18)19/h5-6H,2-4,7H2,1H3,(H2,13,17)(H,14,15). The van der Waals surface area contributed by atoms with Crippen molar-refractivity contribution in [1.29, 1.82) is 0 Å². The Morgan fingerprint density at radius 1 is 1.65 bits per heavy atom. The molecule has 3 N–H and O–H groups in total. The Hall–Kier alpha value is -2.22. The molecule has 1 aromatic heterocycles. The zero-order valence-electron chi connectivity index (χ0n) is 11.1. The summed E-state index contributed by atoms with van der Waals surface area (Å²) in [5.74, 6) is -0.518. The van der Waals surface area contributed by atoms with Crippen LogP contribution in [0.4, 0.5) is 11.5 Å². The first kappa shape index (κ1) is 14.2. The van der Waals surface area contributed by atoms with Crippen molar-refractivity contribution in [2.45, 2.75) is 24.9 Å². The highest BCUT2D eigenvalue weighted by Gasteiger charge is 2.37. The van der Waals surface area contributed by atoms with Crippen LogP contribution in [-0.2, 0) is 4.74 Å². The minimum Gasteiger partial charge on any atom is -0.376 e. The molecule has 0 aliphatic heterocycles. The first-order chi connectivity index (χ1) is 9.47. The number of methoxy groups -OCH3 is 1. The fraction of sp³-hybridized carbons (Fsp3) is 0.500. The largest absolute Gasteiger partial charge is 0.376 e. The highest BCUT2D eigenvalue weighted by atomic mass is 16.6. The van der Waals surface area contributed by atoms with Crippen molar-refractivity contribution in [3.63, 3.8) is 0 Å². The molecule has 1 aliphatic rings. The van der Waals surface area contributed by atoms with Crippen LogP contribution in [0, 0.1) is 10.1 Å². The molecule has 1 saturated carbocycles. The van der Waals surface area contributed by atoms with E-state index in [1.165, 1.54) is 0 Å². The van der Waals surface area contributed by atoms with Gasteiger partial charge in [-0.25, -0.2) is 4.98 Å². The number of rotatable bonds is 6. The number of anilines is 1. The molecule has 8 heteroatoms. The molecule has 0 unspecified atom stereocenters. The Morgan fingerprint density at radius 3 is 2.80 bits per heavy atom. The fourth-order valence-electron chi connectivity index (χ4n) is 2.15. The predicted molar refractivity (Wildman–Crippen MR) is 71.5 cm³/mol. The van der Waals surface area contributed by atoms with Gasteiger partial charge in [0.15, 0.2) is 0 Å². The zero-order chi connectivity index (χ0) is 14.8. The highest BCUT2D eigenvalue weighted by molar-refractivity contribution is 5.98. The van der Waals surface area contributed by atoms with Crippen molar-refractivity contribution < 1.29 is 14.5 Å². The maximum absolute atomic E-state index is 11.4. The summed E-state index contributed by atoms with van der Waals surface area (Å²) in [5.41, 5.74) is 4.71. The van der Waals surface area contributed by atoms with Crippen molar-refractivity contribution in [3.05, 3.63) is 27.9 Å². The molecule has 1 heterocycles. The summed E-state index contributed by atoms with van der Waals surface area (Å²) in [4.78, 5) is 25.3. The molecule has 1 fully saturated rings. The molecule has 0 bridgehead atoms. The van der Waals surface area contributed by atoms with Crippen LogP contribution in [-0.4, -0.2) is 35.1 Å². The number of nitrogens with zero attached hydrogens (tertiary/aromatic N) is 2. The molecule has 0 atom stereocenters. The van der Waals surface area contributed by atoms with Gasteiger partial charge in [0.1, 0.15) is 12.0 Å². The third-order valence-corrected chi connectivity index (χ3v) is 3.63. The third-order valence-electron chi connectivity index (χ3n) is 3.63. The number of amides is 1. The summed E-state index contributed by atoms with van der Waals surface area (Å²) in [5, 5.41) is 13.7. The number of ether oxygens (including phenoxy) is 1. The van der Waals surface area contributed by atoms with Crippen LogP contribution in [0.2, 0.25) is 0 Å². The van der Waals surface area contributed by atoms with E-state index >= 15 is 0 Å². The number of carbonyl (C=O) groups is 1. The molecular weight excluding hydrogens is 264 g/mol. The number of carbonyl (C=O) groups excluding carboxylic acids is 1. The highest BCUT2D eigenvalue weighted by Crippen LogP contribution is 2.35. The molecule has 0 aromatic carbocycles. The van der Waals surface area contributed by atoms with Crippen LogP contribution in [0.3, 0.4) is 0 Å². The van der Waals surface area contributed by atoms with Gasteiger partial charge in [-0.3, -0.25) is 14.9 Å². The number of primary amides is 1. The average Bonchev–Trinajstić information content (AvgIpc) is 2.37. The molecular formula is C12H16N4O4. The van der Waals surface area contributed by atoms with Crippen LogP contribution in [0.1, 0.15) is 29.6 Å². The van der Waals surface area contributed by atoms with E-state index in [0.29, 0.717) is 6.54 Å². The number of nitrogens with two attached hydrogens (primary N) is 1. The lowest BCUT2D eigenvalue weighted by Crippen LogP contribution is -2.45. The first-order valence-corrected chi connectivity index (χ1v) is 6.21. The maximum Gasteiger partial charge on any atom is 0.288 e. The summed E-state index contributed by atoms with van der Waals surface area (Å²) in [6, 6.07) is 1.12. The van der Waals surface area contributed by atoms with E-state index in [1.807, 2.05) is 0 Å². The lowest BCUT2D eigenvalue weighted by molar-refractivity contribution is -0.385. The summed E-state index contributed by atoms with van der Waals surface area (Å²) < 4.78 is 5.44. The minimum atomic E-state index is -0.760. The van der Waals surface area contributed by atoms with Gasteiger partial charge in [0.25, 0.3) is 11.6 Å². The van der Waals surface area contributed by atoms with E-state index in [1.54, 1.807) is 7.11 Å². The molecule has 1 amide bonds. The average molecular weight is 280 g/mol. The second-order valence-corrected chi connectivity index (χ2v) is 4.81. The SMILES string of the molecule is COC1(CNc2ncc([N+](=O)[O-])cc2C(N)=O)CCC1. The van der Waals surface area contributed by atoms with Gasteiger partial charge in [0.05, 0.1) is 16.1 Å². The summed E-state index contributed by atoms with van der Waals surface area (Å²) in [6.07, 6.45) is 4.03. The van der Waals surface area contributed by atoms with E-state index in [4.69, 9.17) is 10.5 Å². The topological polar surface area (TPSA) is 120 Å². The van der Waals surface area contributed by atoms with Crippen molar-refractivity contribution >= 4 is 17.4 Å². The van der Waals surface area contributed by atoms with E-state index in [2.05, 4.69) is 10.3 Å². The molecule has 2 rings (SSSR count). The van der Waals surface area contributed by atoms with Crippen LogP contribution in [0.15, 0.2) is 12.3 Å². The molecule has 0 spiro atoms. The summed E-state index contributed by atoms with van der Waals surface area (Å²) in [6.45, 7) is 0.481. The maximum atomic E-state index is 11.4. The second-order valence-electron chi connectivity index (χ2n) is 4.81. The number of hydrogen-bond donors (Lipinski definition) is 2. The number of pyridine rings is 1. The van der Waals surface area contributed by atoms with E-state index in [-0.39, 0.29) is 22.7 Å². The lowest BCUT2D eigenvalue weighted by Gasteiger charge is -2.40. The predicted octanol–water partition coefficient (Wildman–Crippen LogP) is 1.07. The van der Waals surface area contributed by atoms with Gasteiger partial charge >= 0.3 is 0 Å². The van der Waals surface area contributed by atoms with Gasteiger partial charge in [-0.05, 0) is 19.3 Å². The number of nitrogens with one attached hydrogen (secondary N) is 1. The van der Waals surface area contributed by atoms with Crippen LogP contribution >= 0.6 is 0 Å². The second kappa shape index (κ2) is 5.41. The summed E-state index contributed by atoms with van der Waals surface area (Å²) >= 11 is 0. The van der Waals surface area contributed by atoms with Crippen LogP contribution < -0.4 is 11.1 Å². The van der Waals surface area contributed by atoms with Gasteiger partial charge in [-0.2, -0.15) is 0 Å². The van der Waals surface area contributed by atoms with Gasteiger partial charge in [-0.15, -0.1) is 0 Å². The van der Waals surface area contributed by atoms with Gasteiger partial charge in [0, 0.05) is 19.7 Å². The zero-order valence-corrected chi connectivity index (χ0v) is 11.1. The van der Waals surface area contributed by atoms with E-state index in [9.17, 15) is 14.9 Å². The molecule has 0 saturated heterocycles. The fourth-order valence-corrected chi connectivity index (χ4v) is 2.15. The van der Waals surface area contributed by atoms with Gasteiger partial charge in [-0.1, -0.05) is 0 Å². The van der Waals surface area contributed by atoms with Crippen LogP contribution in [0.5, 0.6) is 0 Å². The van der Waals surface area contributed by atoms with Gasteiger partial charge < -0.3 is 15.8 Å². The Labute approximate surface area is 115 Å². The van der Waals surface area contributed by atoms with Crippen molar-refractivity contribution in [2.75, 3.05) is 19.0 Å². The number of aromatic nitrogens is 1. The van der Waals surface area contributed by atoms with Crippen LogP contribution in [0.25, 0.3) is 0 Å². The van der Waals surface area contributed by atoms with Crippen molar-refractivity contribution in [2.24, 2.45) is 5.73 Å². The van der Waals surface area contributed by atoms with Crippen molar-refractivity contribution in [3.8, 4) is 0 Å². The third kappa shape index (κ3) is 2.69. The molecule has 20 heavy (non-hydrogen) atoms. The Balaban J connectivity index is 2.18. The normalized spacial score (nSPS) is 16.2. The van der Waals surface area contributed by atoms with E-state index < -0.39 is 10.8 Å². The Bertz CT molecular complexity index is 537. The molecule has 1 aromatic rings. The lowest BCUT2D eigenvalue weighted by atomic mass is 9.80. The molecule has 1 aliphatic carbocycles. The van der Waals surface area contributed by atoms with Gasteiger partial charge in [0.2, 0.25) is 0 Å².